The van der Waals surface area contributed by atoms with Gasteiger partial charge in [0.1, 0.15) is 0 Å². The first-order valence-corrected chi connectivity index (χ1v) is 15.7. The normalized spacial score (nSPS) is 29.4. The van der Waals surface area contributed by atoms with Crippen LogP contribution in [0.2, 0.25) is 36.3 Å². The number of allylic oxidation sites excluding steroid dienone is 6. The second-order valence-electron chi connectivity index (χ2n) is 5.52. The van der Waals surface area contributed by atoms with E-state index < -0.39 is 23.8 Å². The molecule has 0 unspecified atom stereocenters. The van der Waals surface area contributed by atoms with Crippen molar-refractivity contribution in [2.75, 3.05) is 0 Å². The fourth-order valence-corrected chi connectivity index (χ4v) is 18.6. The molecule has 0 bridgehead atoms. The number of halogens is 2. The standard InChI is InChI=1S/C12H18Cl2O2Si3/c13-17(7-1-2-8-17)15-19(11-5-6-12-19)16-18(14)9-3-4-10-18/h1-6H,7-12H2. The summed E-state index contributed by atoms with van der Waals surface area (Å²) in [5, 5.41) is 0. The highest BCUT2D eigenvalue weighted by atomic mass is 35.6. The lowest BCUT2D eigenvalue weighted by molar-refractivity contribution is 0.392. The Labute approximate surface area is 127 Å². The molecule has 0 aromatic carbocycles. The third-order valence-electron chi connectivity index (χ3n) is 3.79. The lowest BCUT2D eigenvalue weighted by Gasteiger charge is -2.38. The van der Waals surface area contributed by atoms with Crippen LogP contribution in [0.15, 0.2) is 36.5 Å². The molecule has 0 radical (unpaired) electrons. The minimum absolute atomic E-state index is 0.905. The van der Waals surface area contributed by atoms with Crippen LogP contribution in [0, 0.1) is 0 Å². The van der Waals surface area contributed by atoms with Crippen LogP contribution in [0.4, 0.5) is 0 Å². The van der Waals surface area contributed by atoms with Crippen LogP contribution in [0.1, 0.15) is 0 Å². The van der Waals surface area contributed by atoms with Crippen LogP contribution in [-0.2, 0) is 8.23 Å². The summed E-state index contributed by atoms with van der Waals surface area (Å²) in [5.41, 5.74) is 0. The van der Waals surface area contributed by atoms with Gasteiger partial charge in [0.05, 0.1) is 0 Å². The van der Waals surface area contributed by atoms with Gasteiger partial charge in [-0.2, -0.15) is 0 Å². The molecule has 0 spiro atoms. The van der Waals surface area contributed by atoms with Gasteiger partial charge >= 0.3 is 8.56 Å². The lowest BCUT2D eigenvalue weighted by Crippen LogP contribution is -2.53. The predicted molar refractivity (Wildman–Crippen MR) is 87.4 cm³/mol. The highest BCUT2D eigenvalue weighted by Crippen LogP contribution is 2.41. The van der Waals surface area contributed by atoms with Gasteiger partial charge in [0.25, 0.3) is 15.3 Å². The van der Waals surface area contributed by atoms with Gasteiger partial charge in [-0.1, -0.05) is 36.5 Å². The maximum Gasteiger partial charge on any atom is 0.326 e. The summed E-state index contributed by atoms with van der Waals surface area (Å²) in [6, 6.07) is 5.44. The van der Waals surface area contributed by atoms with Crippen LogP contribution in [0.25, 0.3) is 0 Å². The van der Waals surface area contributed by atoms with Gasteiger partial charge in [0, 0.05) is 12.1 Å². The van der Waals surface area contributed by atoms with Crippen molar-refractivity contribution < 1.29 is 8.23 Å². The fourth-order valence-electron chi connectivity index (χ4n) is 2.83. The molecule has 0 fully saturated rings. The van der Waals surface area contributed by atoms with Crippen LogP contribution < -0.4 is 0 Å². The van der Waals surface area contributed by atoms with E-state index >= 15 is 0 Å². The molecular formula is C12H18Cl2O2Si3. The summed E-state index contributed by atoms with van der Waals surface area (Å²) < 4.78 is 13.0. The molecule has 0 aliphatic carbocycles. The quantitative estimate of drug-likeness (QED) is 0.422. The molecule has 0 amide bonds. The maximum absolute atomic E-state index is 6.71. The van der Waals surface area contributed by atoms with Crippen LogP contribution in [-0.4, -0.2) is 23.8 Å². The fraction of sp³-hybridized carbons (Fsp3) is 0.500. The van der Waals surface area contributed by atoms with E-state index in [1.165, 1.54) is 0 Å². The van der Waals surface area contributed by atoms with Gasteiger partial charge < -0.3 is 8.23 Å². The average molecular weight is 349 g/mol. The van der Waals surface area contributed by atoms with Gasteiger partial charge in [0.2, 0.25) is 0 Å². The maximum atomic E-state index is 6.71. The summed E-state index contributed by atoms with van der Waals surface area (Å²) in [5.74, 6) is 0. The molecule has 2 nitrogen and oxygen atoms in total. The Bertz CT molecular complexity index is 394. The Kier molecular flexibility index (Phi) is 3.99. The highest BCUT2D eigenvalue weighted by Gasteiger charge is 2.52. The van der Waals surface area contributed by atoms with Crippen molar-refractivity contribution in [3.63, 3.8) is 0 Å². The molecule has 0 aromatic heterocycles. The van der Waals surface area contributed by atoms with Crippen molar-refractivity contribution in [3.05, 3.63) is 36.5 Å². The van der Waals surface area contributed by atoms with Crippen LogP contribution in [0.3, 0.4) is 0 Å². The first kappa shape index (κ1) is 14.3. The van der Waals surface area contributed by atoms with Gasteiger partial charge in [-0.25, -0.2) is 0 Å². The van der Waals surface area contributed by atoms with Crippen molar-refractivity contribution in [1.82, 2.24) is 0 Å². The van der Waals surface area contributed by atoms with Gasteiger partial charge in [-0.15, -0.1) is 22.2 Å². The zero-order valence-electron chi connectivity index (χ0n) is 10.8. The molecule has 0 saturated carbocycles. The van der Waals surface area contributed by atoms with Crippen LogP contribution in [0.5, 0.6) is 0 Å². The average Bonchev–Trinajstić information content (AvgIpc) is 3.03. The van der Waals surface area contributed by atoms with E-state index in [2.05, 4.69) is 36.5 Å². The number of hydrogen-bond acceptors (Lipinski definition) is 2. The van der Waals surface area contributed by atoms with E-state index in [1.54, 1.807) is 0 Å². The minimum atomic E-state index is -2.24. The molecule has 19 heavy (non-hydrogen) atoms. The summed E-state index contributed by atoms with van der Waals surface area (Å²) in [6.45, 7) is 0. The third-order valence-corrected chi connectivity index (χ3v) is 18.0. The molecule has 3 aliphatic heterocycles. The zero-order chi connectivity index (χ0) is 13.4. The first-order chi connectivity index (χ1) is 9.04. The largest absolute Gasteiger partial charge is 0.423 e. The minimum Gasteiger partial charge on any atom is -0.423 e. The van der Waals surface area contributed by atoms with E-state index in [0.29, 0.717) is 0 Å². The Morgan fingerprint density at radius 1 is 0.579 bits per heavy atom. The zero-order valence-corrected chi connectivity index (χ0v) is 15.3. The van der Waals surface area contributed by atoms with Gasteiger partial charge in [-0.3, -0.25) is 0 Å². The number of hydrogen-bond donors (Lipinski definition) is 0. The predicted octanol–water partition coefficient (Wildman–Crippen LogP) is 4.53. The Hall–Kier alpha value is 0.371. The molecule has 3 aliphatic rings. The van der Waals surface area contributed by atoms with Crippen molar-refractivity contribution in [2.45, 2.75) is 36.3 Å². The molecule has 3 rings (SSSR count). The second-order valence-corrected chi connectivity index (χ2v) is 19.1. The smallest absolute Gasteiger partial charge is 0.326 e. The van der Waals surface area contributed by atoms with Crippen molar-refractivity contribution >= 4 is 46.0 Å². The van der Waals surface area contributed by atoms with Gasteiger partial charge in [-0.05, 0) is 24.2 Å². The van der Waals surface area contributed by atoms with Crippen molar-refractivity contribution in [2.24, 2.45) is 0 Å². The van der Waals surface area contributed by atoms with E-state index in [4.69, 9.17) is 30.4 Å². The SMILES string of the molecule is Cl[Si]1(O[Si]2(O[Si]3(Cl)CC=CC3)CC=CC2)CC=CC1. The van der Waals surface area contributed by atoms with E-state index in [-0.39, 0.29) is 0 Å². The van der Waals surface area contributed by atoms with E-state index in [9.17, 15) is 0 Å². The number of rotatable bonds is 4. The summed E-state index contributed by atoms with van der Waals surface area (Å²) >= 11 is 13.4. The Morgan fingerprint density at radius 3 is 1.26 bits per heavy atom. The third kappa shape index (κ3) is 3.18. The molecule has 0 saturated heterocycles. The molecule has 0 aromatic rings. The molecule has 7 heteroatoms. The summed E-state index contributed by atoms with van der Waals surface area (Å²) in [6.07, 6.45) is 13.0. The lowest BCUT2D eigenvalue weighted by atomic mass is 10.6. The molecule has 3 heterocycles. The molecule has 0 N–H and O–H groups in total. The monoisotopic (exact) mass is 348 g/mol. The second kappa shape index (κ2) is 5.29. The van der Waals surface area contributed by atoms with Crippen molar-refractivity contribution in [3.8, 4) is 0 Å². The van der Waals surface area contributed by atoms with Crippen molar-refractivity contribution in [1.29, 1.82) is 0 Å². The first-order valence-electron chi connectivity index (χ1n) is 6.77. The van der Waals surface area contributed by atoms with Crippen LogP contribution >= 0.6 is 22.2 Å². The molecular weight excluding hydrogens is 331 g/mol. The Balaban J connectivity index is 1.72. The Morgan fingerprint density at radius 2 is 0.895 bits per heavy atom. The molecule has 0 atom stereocenters. The highest BCUT2D eigenvalue weighted by molar-refractivity contribution is 7.22. The topological polar surface area (TPSA) is 18.5 Å². The van der Waals surface area contributed by atoms with Gasteiger partial charge in [0.15, 0.2) is 0 Å². The molecule has 104 valence electrons. The van der Waals surface area contributed by atoms with E-state index in [1.807, 2.05) is 0 Å². The van der Waals surface area contributed by atoms with E-state index in [0.717, 1.165) is 36.3 Å². The summed E-state index contributed by atoms with van der Waals surface area (Å²) in [4.78, 5) is 0. The summed E-state index contributed by atoms with van der Waals surface area (Å²) in [7, 11) is -6.49.